The monoisotopic (exact) mass is 496 g/mol. The largest absolute Gasteiger partial charge is 0.481 e. The summed E-state index contributed by atoms with van der Waals surface area (Å²) in [6.07, 6.45) is 5.83. The van der Waals surface area contributed by atoms with Crippen molar-refractivity contribution in [3.63, 3.8) is 0 Å². The van der Waals surface area contributed by atoms with Crippen LogP contribution in [-0.2, 0) is 11.3 Å². The van der Waals surface area contributed by atoms with E-state index >= 15 is 0 Å². The predicted octanol–water partition coefficient (Wildman–Crippen LogP) is 2.53. The second-order valence-corrected chi connectivity index (χ2v) is 8.36. The number of anilines is 2. The number of pyridine rings is 3. The summed E-state index contributed by atoms with van der Waals surface area (Å²) in [6.45, 7) is 0.616. The molecule has 5 rings (SSSR count). The van der Waals surface area contributed by atoms with E-state index in [9.17, 15) is 14.7 Å². The fourth-order valence-corrected chi connectivity index (χ4v) is 4.05. The second kappa shape index (κ2) is 11.6. The number of nitrogens with zero attached hydrogens (tertiary/aromatic N) is 3. The van der Waals surface area contributed by atoms with Crippen LogP contribution in [0.15, 0.2) is 36.7 Å². The van der Waals surface area contributed by atoms with E-state index in [4.69, 9.17) is 14.6 Å². The molecule has 2 atom stereocenters. The molecule has 12 nitrogen and oxygen atoms in total. The Morgan fingerprint density at radius 3 is 2.86 bits per heavy atom. The Balaban J connectivity index is 0.000000174. The minimum atomic E-state index is -1.14. The number of aliphatic hydroxyl groups is 1. The van der Waals surface area contributed by atoms with E-state index < -0.39 is 6.09 Å². The molecule has 0 unspecified atom stereocenters. The van der Waals surface area contributed by atoms with Crippen molar-refractivity contribution in [1.82, 2.24) is 20.3 Å². The molecule has 0 aromatic carbocycles. The topological polar surface area (TPSA) is 168 Å². The molecule has 190 valence electrons. The Labute approximate surface area is 207 Å². The molecule has 5 N–H and O–H groups in total. The SMILES string of the molecule is COc1ccc2nccc(NC(=O)O)c2n1.O=C1COc2cnc(CN[C@H]3CCCC[C@@H]3O)cc2N1. The van der Waals surface area contributed by atoms with E-state index in [1.807, 2.05) is 6.07 Å². The Kier molecular flexibility index (Phi) is 8.08. The summed E-state index contributed by atoms with van der Waals surface area (Å²) in [5.41, 5.74) is 2.94. The van der Waals surface area contributed by atoms with Crippen LogP contribution in [0.25, 0.3) is 11.0 Å². The van der Waals surface area contributed by atoms with Gasteiger partial charge in [-0.1, -0.05) is 12.8 Å². The summed E-state index contributed by atoms with van der Waals surface area (Å²) >= 11 is 0. The smallest absolute Gasteiger partial charge is 0.409 e. The Hall–Kier alpha value is -4.03. The molecule has 1 fully saturated rings. The van der Waals surface area contributed by atoms with Crippen LogP contribution in [0.1, 0.15) is 31.4 Å². The van der Waals surface area contributed by atoms with Crippen molar-refractivity contribution in [3.8, 4) is 11.6 Å². The number of hydrogen-bond donors (Lipinski definition) is 5. The Bertz CT molecular complexity index is 1240. The zero-order valence-corrected chi connectivity index (χ0v) is 19.7. The molecule has 1 aliphatic heterocycles. The fraction of sp³-hybridized carbons (Fsp3) is 0.375. The summed E-state index contributed by atoms with van der Waals surface area (Å²) in [7, 11) is 1.49. The zero-order valence-electron chi connectivity index (χ0n) is 19.7. The number of rotatable bonds is 5. The number of aliphatic hydroxyl groups excluding tert-OH is 1. The van der Waals surface area contributed by atoms with Gasteiger partial charge in [0.2, 0.25) is 5.88 Å². The molecule has 4 heterocycles. The van der Waals surface area contributed by atoms with Gasteiger partial charge in [0.1, 0.15) is 5.52 Å². The van der Waals surface area contributed by atoms with Crippen molar-refractivity contribution < 1.29 is 29.3 Å². The van der Waals surface area contributed by atoms with E-state index in [0.717, 1.165) is 31.4 Å². The van der Waals surface area contributed by atoms with Crippen LogP contribution >= 0.6 is 0 Å². The highest BCUT2D eigenvalue weighted by atomic mass is 16.5. The van der Waals surface area contributed by atoms with Gasteiger partial charge < -0.3 is 30.3 Å². The molecule has 3 aromatic heterocycles. The van der Waals surface area contributed by atoms with E-state index in [-0.39, 0.29) is 24.7 Å². The molecule has 1 aliphatic carbocycles. The molecule has 2 aliphatic rings. The van der Waals surface area contributed by atoms with Gasteiger partial charge >= 0.3 is 6.09 Å². The highest BCUT2D eigenvalue weighted by molar-refractivity contribution is 5.96. The van der Waals surface area contributed by atoms with E-state index in [0.29, 0.717) is 40.6 Å². The van der Waals surface area contributed by atoms with Gasteiger partial charge in [-0.15, -0.1) is 0 Å². The first-order valence-electron chi connectivity index (χ1n) is 11.6. The van der Waals surface area contributed by atoms with Crippen LogP contribution in [0.4, 0.5) is 16.2 Å². The first-order valence-corrected chi connectivity index (χ1v) is 11.6. The van der Waals surface area contributed by atoms with Gasteiger partial charge in [0.05, 0.1) is 42.0 Å². The van der Waals surface area contributed by atoms with E-state index in [1.165, 1.54) is 13.3 Å². The maximum atomic E-state index is 11.3. The normalized spacial score (nSPS) is 18.7. The summed E-state index contributed by atoms with van der Waals surface area (Å²) in [6, 6.07) is 6.87. The molecule has 1 saturated carbocycles. The first-order chi connectivity index (χ1) is 17.4. The third-order valence-electron chi connectivity index (χ3n) is 5.84. The van der Waals surface area contributed by atoms with Crippen molar-refractivity contribution in [2.75, 3.05) is 24.4 Å². The lowest BCUT2D eigenvalue weighted by atomic mass is 9.92. The van der Waals surface area contributed by atoms with Crippen molar-refractivity contribution in [2.45, 2.75) is 44.4 Å². The van der Waals surface area contributed by atoms with Crippen molar-refractivity contribution in [3.05, 3.63) is 42.4 Å². The van der Waals surface area contributed by atoms with Gasteiger partial charge in [-0.2, -0.15) is 0 Å². The number of carboxylic acid groups (broad SMARTS) is 1. The average Bonchev–Trinajstić information content (AvgIpc) is 2.88. The van der Waals surface area contributed by atoms with E-state index in [1.54, 1.807) is 24.4 Å². The van der Waals surface area contributed by atoms with Crippen LogP contribution < -0.4 is 25.4 Å². The minimum Gasteiger partial charge on any atom is -0.481 e. The number of ether oxygens (including phenoxy) is 2. The number of nitrogens with one attached hydrogen (secondary N) is 3. The maximum Gasteiger partial charge on any atom is 0.409 e. The molecule has 0 spiro atoms. The molecule has 0 saturated heterocycles. The number of carbonyl (C=O) groups excluding carboxylic acids is 1. The van der Waals surface area contributed by atoms with Gasteiger partial charge in [-0.05, 0) is 31.0 Å². The minimum absolute atomic E-state index is 0.0422. The number of hydrogen-bond acceptors (Lipinski definition) is 9. The molecule has 12 heteroatoms. The summed E-state index contributed by atoms with van der Waals surface area (Å²) in [4.78, 5) is 34.4. The van der Waals surface area contributed by atoms with Gasteiger partial charge in [-0.25, -0.2) is 9.78 Å². The molecule has 36 heavy (non-hydrogen) atoms. The standard InChI is InChI=1S/C14H19N3O3.C10H9N3O3/c18-12-4-2-1-3-10(12)16-6-9-5-11-13(7-15-9)20-8-14(19)17-11;1-16-8-3-2-6-9(13-8)7(4-5-11-6)12-10(14)15/h5,7,10,12,16,18H,1-4,6,8H2,(H,17,19);2-5H,1H3,(H,11,12)(H,14,15)/t10-,12-;/m0./s1. The Morgan fingerprint density at radius 2 is 2.08 bits per heavy atom. The lowest BCUT2D eigenvalue weighted by Crippen LogP contribution is -2.41. The molecular formula is C24H28N6O6. The van der Waals surface area contributed by atoms with Gasteiger partial charge in [0, 0.05) is 24.8 Å². The average molecular weight is 497 g/mol. The lowest BCUT2D eigenvalue weighted by Gasteiger charge is -2.28. The van der Waals surface area contributed by atoms with Gasteiger partial charge in [0.25, 0.3) is 5.91 Å². The van der Waals surface area contributed by atoms with Crippen LogP contribution in [0.3, 0.4) is 0 Å². The van der Waals surface area contributed by atoms with Crippen LogP contribution in [0.2, 0.25) is 0 Å². The number of amides is 2. The van der Waals surface area contributed by atoms with Gasteiger partial charge in [0.15, 0.2) is 12.4 Å². The number of carbonyl (C=O) groups is 2. The second-order valence-electron chi connectivity index (χ2n) is 8.36. The van der Waals surface area contributed by atoms with Crippen LogP contribution in [0, 0.1) is 0 Å². The predicted molar refractivity (Wildman–Crippen MR) is 131 cm³/mol. The number of fused-ring (bicyclic) bond motifs is 2. The third kappa shape index (κ3) is 6.34. The number of aromatic nitrogens is 3. The molecule has 3 aromatic rings. The van der Waals surface area contributed by atoms with Crippen LogP contribution in [0.5, 0.6) is 11.6 Å². The lowest BCUT2D eigenvalue weighted by molar-refractivity contribution is -0.118. The van der Waals surface area contributed by atoms with Crippen molar-refractivity contribution in [1.29, 1.82) is 0 Å². The quantitative estimate of drug-likeness (QED) is 0.354. The molecule has 2 amide bonds. The van der Waals surface area contributed by atoms with Crippen molar-refractivity contribution in [2.24, 2.45) is 0 Å². The summed E-state index contributed by atoms with van der Waals surface area (Å²) in [5.74, 6) is 0.866. The van der Waals surface area contributed by atoms with E-state index in [2.05, 4.69) is 30.9 Å². The highest BCUT2D eigenvalue weighted by Crippen LogP contribution is 2.27. The summed E-state index contributed by atoms with van der Waals surface area (Å²) < 4.78 is 10.2. The fourth-order valence-electron chi connectivity index (χ4n) is 4.05. The summed E-state index contributed by atoms with van der Waals surface area (Å²) in [5, 5.41) is 26.9. The third-order valence-corrected chi connectivity index (χ3v) is 5.84. The van der Waals surface area contributed by atoms with Crippen LogP contribution in [-0.4, -0.2) is 63.0 Å². The van der Waals surface area contributed by atoms with Crippen molar-refractivity contribution >= 4 is 34.4 Å². The number of methoxy groups -OCH3 is 1. The first kappa shape index (κ1) is 25.1. The molecule has 0 radical (unpaired) electrons. The maximum absolute atomic E-state index is 11.3. The Morgan fingerprint density at radius 1 is 1.25 bits per heavy atom. The molecule has 0 bridgehead atoms. The molecular weight excluding hydrogens is 468 g/mol. The highest BCUT2D eigenvalue weighted by Gasteiger charge is 2.23. The van der Waals surface area contributed by atoms with Gasteiger partial charge in [-0.3, -0.25) is 20.1 Å². The zero-order chi connectivity index (χ0) is 25.5.